The van der Waals surface area contributed by atoms with Crippen molar-refractivity contribution in [3.63, 3.8) is 0 Å². The van der Waals surface area contributed by atoms with Gasteiger partial charge in [-0.2, -0.15) is 13.2 Å². The number of nitrogens with one attached hydrogen (secondary N) is 1. The number of hydrogen-bond donors (Lipinski definition) is 1. The topological polar surface area (TPSA) is 21.3 Å². The number of hydrogen-bond acceptors (Lipinski definition) is 2. The highest BCUT2D eigenvalue weighted by Gasteiger charge is 2.33. The minimum Gasteiger partial charge on any atom is -0.484 e. The Hall–Kier alpha value is -2.01. The van der Waals surface area contributed by atoms with E-state index in [1.54, 1.807) is 0 Å². The van der Waals surface area contributed by atoms with Crippen molar-refractivity contribution in [1.82, 2.24) is 5.32 Å². The maximum absolute atomic E-state index is 12.6. The SMILES string of the molecule is CN[C@H]1Cc2ccccc2[C@H]1Oc1ccc(C(F)(F)F)cc1. The molecule has 3 rings (SSSR count). The summed E-state index contributed by atoms with van der Waals surface area (Å²) in [5.74, 6) is 0.440. The van der Waals surface area contributed by atoms with E-state index in [2.05, 4.69) is 11.4 Å². The van der Waals surface area contributed by atoms with E-state index in [0.717, 1.165) is 24.1 Å². The van der Waals surface area contributed by atoms with Crippen molar-refractivity contribution >= 4 is 0 Å². The second-order valence-electron chi connectivity index (χ2n) is 5.36. The van der Waals surface area contributed by atoms with Gasteiger partial charge in [0.05, 0.1) is 11.6 Å². The zero-order valence-electron chi connectivity index (χ0n) is 12.0. The van der Waals surface area contributed by atoms with Gasteiger partial charge in [-0.3, -0.25) is 0 Å². The van der Waals surface area contributed by atoms with E-state index in [-0.39, 0.29) is 12.1 Å². The Balaban J connectivity index is 1.83. The van der Waals surface area contributed by atoms with Gasteiger partial charge in [0, 0.05) is 0 Å². The molecule has 0 amide bonds. The third-order valence-corrected chi connectivity index (χ3v) is 3.98. The summed E-state index contributed by atoms with van der Waals surface area (Å²) in [6.45, 7) is 0. The molecule has 0 aromatic heterocycles. The van der Waals surface area contributed by atoms with E-state index in [1.165, 1.54) is 17.7 Å². The molecule has 0 saturated heterocycles. The molecule has 1 aliphatic rings. The van der Waals surface area contributed by atoms with Gasteiger partial charge in [0.2, 0.25) is 0 Å². The Bertz CT molecular complexity index is 652. The minimum atomic E-state index is -4.33. The minimum absolute atomic E-state index is 0.111. The number of likely N-dealkylation sites (N-methyl/N-ethyl adjacent to an activating group) is 1. The molecule has 22 heavy (non-hydrogen) atoms. The molecule has 0 radical (unpaired) electrons. The Kier molecular flexibility index (Phi) is 3.83. The molecule has 0 unspecified atom stereocenters. The molecule has 1 N–H and O–H groups in total. The zero-order chi connectivity index (χ0) is 15.7. The monoisotopic (exact) mass is 307 g/mol. The first-order valence-corrected chi connectivity index (χ1v) is 7.08. The number of ether oxygens (including phenoxy) is 1. The van der Waals surface area contributed by atoms with Gasteiger partial charge in [0.15, 0.2) is 0 Å². The van der Waals surface area contributed by atoms with Crippen molar-refractivity contribution < 1.29 is 17.9 Å². The van der Waals surface area contributed by atoms with Crippen molar-refractivity contribution in [3.8, 4) is 5.75 Å². The molecule has 2 aromatic rings. The highest BCUT2D eigenvalue weighted by atomic mass is 19.4. The number of rotatable bonds is 3. The fourth-order valence-corrected chi connectivity index (χ4v) is 2.83. The van der Waals surface area contributed by atoms with Crippen LogP contribution in [0.1, 0.15) is 22.8 Å². The smallest absolute Gasteiger partial charge is 0.416 e. The van der Waals surface area contributed by atoms with Crippen molar-refractivity contribution in [2.45, 2.75) is 24.7 Å². The van der Waals surface area contributed by atoms with Crippen LogP contribution in [0.5, 0.6) is 5.75 Å². The van der Waals surface area contributed by atoms with E-state index in [0.29, 0.717) is 5.75 Å². The number of halogens is 3. The lowest BCUT2D eigenvalue weighted by Gasteiger charge is -2.22. The molecule has 2 nitrogen and oxygen atoms in total. The Morgan fingerprint density at radius 1 is 1.05 bits per heavy atom. The molecule has 2 aromatic carbocycles. The van der Waals surface area contributed by atoms with Crippen molar-refractivity contribution in [3.05, 3.63) is 65.2 Å². The van der Waals surface area contributed by atoms with Crippen LogP contribution in [0.2, 0.25) is 0 Å². The van der Waals surface area contributed by atoms with E-state index in [4.69, 9.17) is 4.74 Å². The predicted octanol–water partition coefficient (Wildman–Crippen LogP) is 3.97. The maximum atomic E-state index is 12.6. The van der Waals surface area contributed by atoms with Crippen molar-refractivity contribution in [2.75, 3.05) is 7.05 Å². The van der Waals surface area contributed by atoms with E-state index < -0.39 is 11.7 Å². The third kappa shape index (κ3) is 2.81. The molecule has 0 aliphatic heterocycles. The molecule has 0 spiro atoms. The fraction of sp³-hybridized carbons (Fsp3) is 0.294. The van der Waals surface area contributed by atoms with Crippen LogP contribution >= 0.6 is 0 Å². The lowest BCUT2D eigenvalue weighted by atomic mass is 10.1. The number of fused-ring (bicyclic) bond motifs is 1. The lowest BCUT2D eigenvalue weighted by Crippen LogP contribution is -2.32. The normalized spacial score (nSPS) is 20.7. The van der Waals surface area contributed by atoms with Crippen LogP contribution in [0.15, 0.2) is 48.5 Å². The highest BCUT2D eigenvalue weighted by molar-refractivity contribution is 5.38. The average molecular weight is 307 g/mol. The maximum Gasteiger partial charge on any atom is 0.416 e. The van der Waals surface area contributed by atoms with E-state index >= 15 is 0 Å². The second kappa shape index (κ2) is 5.65. The molecule has 116 valence electrons. The summed E-state index contributed by atoms with van der Waals surface area (Å²) in [6, 6.07) is 12.9. The Morgan fingerprint density at radius 2 is 1.73 bits per heavy atom. The Labute approximate surface area is 126 Å². The fourth-order valence-electron chi connectivity index (χ4n) is 2.83. The van der Waals surface area contributed by atoms with Gasteiger partial charge in [0.25, 0.3) is 0 Å². The van der Waals surface area contributed by atoms with Gasteiger partial charge >= 0.3 is 6.18 Å². The first-order valence-electron chi connectivity index (χ1n) is 7.08. The summed E-state index contributed by atoms with van der Waals surface area (Å²) in [5.41, 5.74) is 1.62. The molecule has 0 bridgehead atoms. The van der Waals surface area contributed by atoms with Crippen LogP contribution in [0.3, 0.4) is 0 Å². The van der Waals surface area contributed by atoms with Crippen LogP contribution in [0.4, 0.5) is 13.2 Å². The van der Waals surface area contributed by atoms with Gasteiger partial charge in [-0.25, -0.2) is 0 Å². The van der Waals surface area contributed by atoms with Crippen LogP contribution in [-0.4, -0.2) is 13.1 Å². The van der Waals surface area contributed by atoms with Gasteiger partial charge in [0.1, 0.15) is 11.9 Å². The molecule has 1 aliphatic carbocycles. The summed E-state index contributed by atoms with van der Waals surface area (Å²) in [5, 5.41) is 3.21. The average Bonchev–Trinajstić information content (AvgIpc) is 2.85. The van der Waals surface area contributed by atoms with Gasteiger partial charge in [-0.15, -0.1) is 0 Å². The number of benzene rings is 2. The van der Waals surface area contributed by atoms with Crippen LogP contribution in [0.25, 0.3) is 0 Å². The second-order valence-corrected chi connectivity index (χ2v) is 5.36. The summed E-state index contributed by atoms with van der Waals surface area (Å²) in [6.07, 6.45) is -3.68. The largest absolute Gasteiger partial charge is 0.484 e. The van der Waals surface area contributed by atoms with Gasteiger partial charge in [-0.1, -0.05) is 24.3 Å². The molecule has 0 saturated carbocycles. The van der Waals surface area contributed by atoms with Crippen LogP contribution < -0.4 is 10.1 Å². The van der Waals surface area contributed by atoms with E-state index in [1.807, 2.05) is 25.2 Å². The van der Waals surface area contributed by atoms with Crippen molar-refractivity contribution in [2.24, 2.45) is 0 Å². The lowest BCUT2D eigenvalue weighted by molar-refractivity contribution is -0.137. The standard InChI is InChI=1S/C17H16F3NO/c1-21-15-10-11-4-2-3-5-14(11)16(15)22-13-8-6-12(7-9-13)17(18,19)20/h2-9,15-16,21H,10H2,1H3/t15-,16+/m0/s1. The summed E-state index contributed by atoms with van der Waals surface area (Å²) in [4.78, 5) is 0. The van der Waals surface area contributed by atoms with Crippen LogP contribution in [-0.2, 0) is 12.6 Å². The summed E-state index contributed by atoms with van der Waals surface area (Å²) < 4.78 is 43.7. The first-order chi connectivity index (χ1) is 10.5. The first kappa shape index (κ1) is 14.9. The van der Waals surface area contributed by atoms with E-state index in [9.17, 15) is 13.2 Å². The zero-order valence-corrected chi connectivity index (χ0v) is 12.0. The van der Waals surface area contributed by atoms with Gasteiger partial charge < -0.3 is 10.1 Å². The van der Waals surface area contributed by atoms with Crippen LogP contribution in [0, 0.1) is 0 Å². The number of alkyl halides is 3. The van der Waals surface area contributed by atoms with Crippen molar-refractivity contribution in [1.29, 1.82) is 0 Å². The predicted molar refractivity (Wildman–Crippen MR) is 77.8 cm³/mol. The Morgan fingerprint density at radius 3 is 2.36 bits per heavy atom. The third-order valence-electron chi connectivity index (χ3n) is 3.98. The molecular weight excluding hydrogens is 291 g/mol. The summed E-state index contributed by atoms with van der Waals surface area (Å²) in [7, 11) is 1.86. The molecule has 2 atom stereocenters. The van der Waals surface area contributed by atoms with Gasteiger partial charge in [-0.05, 0) is 48.9 Å². The quantitative estimate of drug-likeness (QED) is 0.926. The molecular formula is C17H16F3NO. The summed E-state index contributed by atoms with van der Waals surface area (Å²) >= 11 is 0. The molecule has 0 heterocycles. The molecule has 5 heteroatoms. The highest BCUT2D eigenvalue weighted by Crippen LogP contribution is 2.36. The molecule has 0 fully saturated rings.